The lowest BCUT2D eigenvalue weighted by atomic mass is 9.84. The number of allylic oxidation sites excluding steroid dienone is 1. The Morgan fingerprint density at radius 1 is 0.964 bits per heavy atom. The summed E-state index contributed by atoms with van der Waals surface area (Å²) >= 11 is 0. The zero-order valence-corrected chi connectivity index (χ0v) is 16.1. The molecule has 1 aliphatic rings. The summed E-state index contributed by atoms with van der Waals surface area (Å²) in [6.45, 7) is 9.45. The second-order valence-corrected chi connectivity index (χ2v) is 6.30. The van der Waals surface area contributed by atoms with E-state index in [-0.39, 0.29) is 13.2 Å². The molecule has 0 amide bonds. The maximum Gasteiger partial charge on any atom is 0.330 e. The Bertz CT molecular complexity index is 636. The Morgan fingerprint density at radius 3 is 1.96 bits per heavy atom. The van der Waals surface area contributed by atoms with Crippen molar-refractivity contribution in [3.05, 3.63) is 37.5 Å². The monoisotopic (exact) mass is 394 g/mol. The van der Waals surface area contributed by atoms with E-state index >= 15 is 0 Å². The van der Waals surface area contributed by atoms with Crippen molar-refractivity contribution in [2.24, 2.45) is 11.8 Å². The van der Waals surface area contributed by atoms with E-state index in [1.807, 2.05) is 0 Å². The molecule has 0 heterocycles. The summed E-state index contributed by atoms with van der Waals surface area (Å²) in [6, 6.07) is 0. The zero-order valence-electron chi connectivity index (χ0n) is 16.1. The molecule has 1 rings (SSSR count). The maximum absolute atomic E-state index is 12.4. The Hall–Kier alpha value is -2.90. The van der Waals surface area contributed by atoms with Crippen molar-refractivity contribution < 1.29 is 38.1 Å². The molecule has 0 saturated carbocycles. The fourth-order valence-electron chi connectivity index (χ4n) is 2.50. The smallest absolute Gasteiger partial charge is 0.330 e. The molecule has 4 atom stereocenters. The molecule has 4 unspecified atom stereocenters. The van der Waals surface area contributed by atoms with Crippen molar-refractivity contribution in [3.63, 3.8) is 0 Å². The molecular weight excluding hydrogens is 368 g/mol. The van der Waals surface area contributed by atoms with Crippen LogP contribution >= 0.6 is 0 Å². The van der Waals surface area contributed by atoms with E-state index < -0.39 is 47.9 Å². The number of carbonyl (C=O) groups excluding carboxylic acids is 4. The van der Waals surface area contributed by atoms with Crippen molar-refractivity contribution in [2.75, 3.05) is 13.2 Å². The molecule has 0 aromatic carbocycles. The number of rotatable bonds is 10. The largest absolute Gasteiger partial charge is 0.462 e. The van der Waals surface area contributed by atoms with E-state index in [0.29, 0.717) is 12.8 Å². The van der Waals surface area contributed by atoms with Gasteiger partial charge in [-0.3, -0.25) is 9.59 Å². The Labute approximate surface area is 164 Å². The SMILES string of the molecule is C=CC(=O)OC(C)COC(=O)C1C=CCCC1C(=O)OCC(C)OC(=O)C=C. The first kappa shape index (κ1) is 23.1. The lowest BCUT2D eigenvalue weighted by Gasteiger charge is -2.25. The van der Waals surface area contributed by atoms with Gasteiger partial charge in [-0.2, -0.15) is 0 Å². The summed E-state index contributed by atoms with van der Waals surface area (Å²) in [5, 5.41) is 0. The van der Waals surface area contributed by atoms with Crippen LogP contribution in [0.1, 0.15) is 26.7 Å². The van der Waals surface area contributed by atoms with Crippen LogP contribution in [0.3, 0.4) is 0 Å². The minimum Gasteiger partial charge on any atom is -0.462 e. The van der Waals surface area contributed by atoms with Crippen LogP contribution in [0.5, 0.6) is 0 Å². The lowest BCUT2D eigenvalue weighted by Crippen LogP contribution is -2.35. The van der Waals surface area contributed by atoms with E-state index in [0.717, 1.165) is 12.2 Å². The number of hydrogen-bond donors (Lipinski definition) is 0. The van der Waals surface area contributed by atoms with E-state index in [9.17, 15) is 19.2 Å². The quantitative estimate of drug-likeness (QED) is 0.239. The summed E-state index contributed by atoms with van der Waals surface area (Å²) in [5.41, 5.74) is 0. The summed E-state index contributed by atoms with van der Waals surface area (Å²) in [4.78, 5) is 47.0. The number of esters is 4. The van der Waals surface area contributed by atoms with Gasteiger partial charge in [-0.1, -0.05) is 25.3 Å². The van der Waals surface area contributed by atoms with Crippen LogP contribution in [0.4, 0.5) is 0 Å². The normalized spacial score (nSPS) is 20.2. The third-order valence-corrected chi connectivity index (χ3v) is 3.88. The molecule has 0 aromatic rings. The highest BCUT2D eigenvalue weighted by Crippen LogP contribution is 2.27. The van der Waals surface area contributed by atoms with Crippen molar-refractivity contribution in [2.45, 2.75) is 38.9 Å². The molecule has 0 N–H and O–H groups in total. The molecule has 0 radical (unpaired) electrons. The third kappa shape index (κ3) is 7.77. The van der Waals surface area contributed by atoms with Gasteiger partial charge in [0.25, 0.3) is 0 Å². The Morgan fingerprint density at radius 2 is 1.46 bits per heavy atom. The molecule has 0 aromatic heterocycles. The molecule has 0 saturated heterocycles. The van der Waals surface area contributed by atoms with Crippen molar-refractivity contribution >= 4 is 23.9 Å². The Kier molecular flexibility index (Phi) is 9.70. The highest BCUT2D eigenvalue weighted by Gasteiger charge is 2.36. The molecule has 0 fully saturated rings. The van der Waals surface area contributed by atoms with Crippen LogP contribution in [0.15, 0.2) is 37.5 Å². The van der Waals surface area contributed by atoms with Gasteiger partial charge >= 0.3 is 23.9 Å². The fourth-order valence-corrected chi connectivity index (χ4v) is 2.50. The molecular formula is C20H26O8. The van der Waals surface area contributed by atoms with Crippen LogP contribution < -0.4 is 0 Å². The summed E-state index contributed by atoms with van der Waals surface area (Å²) < 4.78 is 20.2. The molecule has 0 aliphatic heterocycles. The molecule has 0 bridgehead atoms. The fraction of sp³-hybridized carbons (Fsp3) is 0.500. The number of hydrogen-bond acceptors (Lipinski definition) is 8. The van der Waals surface area contributed by atoms with Gasteiger partial charge in [0, 0.05) is 12.2 Å². The van der Waals surface area contributed by atoms with Gasteiger partial charge in [0.15, 0.2) is 0 Å². The summed E-state index contributed by atoms with van der Waals surface area (Å²) in [7, 11) is 0. The first-order valence-corrected chi connectivity index (χ1v) is 8.94. The molecule has 1 aliphatic carbocycles. The van der Waals surface area contributed by atoms with Crippen LogP contribution in [-0.2, 0) is 38.1 Å². The summed E-state index contributed by atoms with van der Waals surface area (Å²) in [6.07, 6.45) is 5.21. The first-order chi connectivity index (χ1) is 13.3. The van der Waals surface area contributed by atoms with E-state index in [4.69, 9.17) is 18.9 Å². The maximum atomic E-state index is 12.4. The first-order valence-electron chi connectivity index (χ1n) is 8.94. The average Bonchev–Trinajstić information content (AvgIpc) is 2.69. The van der Waals surface area contributed by atoms with Gasteiger partial charge in [0.2, 0.25) is 0 Å². The minimum absolute atomic E-state index is 0.130. The van der Waals surface area contributed by atoms with E-state index in [2.05, 4.69) is 13.2 Å². The highest BCUT2D eigenvalue weighted by molar-refractivity contribution is 5.84. The van der Waals surface area contributed by atoms with Gasteiger partial charge in [-0.25, -0.2) is 9.59 Å². The van der Waals surface area contributed by atoms with E-state index in [1.54, 1.807) is 26.0 Å². The Balaban J connectivity index is 2.57. The standard InChI is InChI=1S/C20H26O8/c1-5-17(21)27-13(3)11-25-19(23)15-9-7-8-10-16(15)20(24)26-12-14(4)28-18(22)6-2/h5-7,9,13-16H,1-2,8,10-12H2,3-4H3. The average molecular weight is 394 g/mol. The predicted octanol–water partition coefficient (Wildman–Crippen LogP) is 1.89. The van der Waals surface area contributed by atoms with Gasteiger partial charge in [-0.15, -0.1) is 0 Å². The van der Waals surface area contributed by atoms with Crippen molar-refractivity contribution in [1.82, 2.24) is 0 Å². The molecule has 8 heteroatoms. The molecule has 0 spiro atoms. The minimum atomic E-state index is -0.797. The van der Waals surface area contributed by atoms with Crippen LogP contribution in [0.25, 0.3) is 0 Å². The zero-order chi connectivity index (χ0) is 21.1. The van der Waals surface area contributed by atoms with E-state index in [1.165, 1.54) is 0 Å². The second kappa shape index (κ2) is 11.7. The topological polar surface area (TPSA) is 105 Å². The molecule has 28 heavy (non-hydrogen) atoms. The second-order valence-electron chi connectivity index (χ2n) is 6.30. The van der Waals surface area contributed by atoms with Crippen molar-refractivity contribution in [1.29, 1.82) is 0 Å². The summed E-state index contributed by atoms with van der Waals surface area (Å²) in [5.74, 6) is -3.91. The van der Waals surface area contributed by atoms with Crippen LogP contribution in [-0.4, -0.2) is 49.3 Å². The lowest BCUT2D eigenvalue weighted by molar-refractivity contribution is -0.165. The highest BCUT2D eigenvalue weighted by atomic mass is 16.6. The van der Waals surface area contributed by atoms with Crippen LogP contribution in [0, 0.1) is 11.8 Å². The number of ether oxygens (including phenoxy) is 4. The molecule has 8 nitrogen and oxygen atoms in total. The van der Waals surface area contributed by atoms with Crippen LogP contribution in [0.2, 0.25) is 0 Å². The number of carbonyl (C=O) groups is 4. The van der Waals surface area contributed by atoms with Crippen molar-refractivity contribution in [3.8, 4) is 0 Å². The van der Waals surface area contributed by atoms with Gasteiger partial charge < -0.3 is 18.9 Å². The molecule has 154 valence electrons. The van der Waals surface area contributed by atoms with Gasteiger partial charge in [0.05, 0.1) is 11.8 Å². The predicted molar refractivity (Wildman–Crippen MR) is 98.8 cm³/mol. The van der Waals surface area contributed by atoms with Gasteiger partial charge in [0.1, 0.15) is 25.4 Å². The van der Waals surface area contributed by atoms with Gasteiger partial charge in [-0.05, 0) is 26.7 Å². The third-order valence-electron chi connectivity index (χ3n) is 3.88.